The van der Waals surface area contributed by atoms with Gasteiger partial charge < -0.3 is 10.6 Å². The molecule has 0 aromatic carbocycles. The van der Waals surface area contributed by atoms with Crippen LogP contribution in [-0.2, 0) is 0 Å². The lowest BCUT2D eigenvalue weighted by Crippen LogP contribution is -2.52. The minimum Gasteiger partial charge on any atom is -0.314 e. The van der Waals surface area contributed by atoms with Gasteiger partial charge in [0.25, 0.3) is 0 Å². The SMILES string of the molecule is CC(C)CNC1CCNC(C)(C)C1. The summed E-state index contributed by atoms with van der Waals surface area (Å²) in [6, 6.07) is 0.721. The van der Waals surface area contributed by atoms with Crippen LogP contribution in [0.4, 0.5) is 0 Å². The van der Waals surface area contributed by atoms with Gasteiger partial charge in [-0.05, 0) is 45.7 Å². The highest BCUT2D eigenvalue weighted by Gasteiger charge is 2.26. The van der Waals surface area contributed by atoms with Crippen LogP contribution in [0.25, 0.3) is 0 Å². The molecule has 1 rings (SSSR count). The Morgan fingerprint density at radius 3 is 2.69 bits per heavy atom. The van der Waals surface area contributed by atoms with Crippen LogP contribution in [-0.4, -0.2) is 24.7 Å². The molecule has 1 saturated heterocycles. The van der Waals surface area contributed by atoms with Crippen LogP contribution >= 0.6 is 0 Å². The van der Waals surface area contributed by atoms with E-state index >= 15 is 0 Å². The molecule has 0 radical (unpaired) electrons. The van der Waals surface area contributed by atoms with E-state index in [0.29, 0.717) is 5.54 Å². The number of hydrogen-bond acceptors (Lipinski definition) is 2. The quantitative estimate of drug-likeness (QED) is 0.698. The molecule has 1 fully saturated rings. The van der Waals surface area contributed by atoms with Gasteiger partial charge in [-0.15, -0.1) is 0 Å². The molecule has 78 valence electrons. The first kappa shape index (κ1) is 11.0. The van der Waals surface area contributed by atoms with Gasteiger partial charge in [-0.3, -0.25) is 0 Å². The topological polar surface area (TPSA) is 24.1 Å². The van der Waals surface area contributed by atoms with Crippen LogP contribution in [0.1, 0.15) is 40.5 Å². The van der Waals surface area contributed by atoms with E-state index in [0.717, 1.165) is 25.0 Å². The summed E-state index contributed by atoms with van der Waals surface area (Å²) in [6.07, 6.45) is 2.52. The predicted molar refractivity (Wildman–Crippen MR) is 57.9 cm³/mol. The monoisotopic (exact) mass is 184 g/mol. The van der Waals surface area contributed by atoms with E-state index in [1.54, 1.807) is 0 Å². The van der Waals surface area contributed by atoms with E-state index in [-0.39, 0.29) is 0 Å². The van der Waals surface area contributed by atoms with Crippen molar-refractivity contribution in [3.05, 3.63) is 0 Å². The second-order valence-corrected chi connectivity index (χ2v) is 5.30. The van der Waals surface area contributed by atoms with Crippen LogP contribution < -0.4 is 10.6 Å². The van der Waals surface area contributed by atoms with Crippen molar-refractivity contribution >= 4 is 0 Å². The molecular formula is C11H24N2. The van der Waals surface area contributed by atoms with Gasteiger partial charge >= 0.3 is 0 Å². The van der Waals surface area contributed by atoms with E-state index in [9.17, 15) is 0 Å². The second kappa shape index (κ2) is 4.43. The standard InChI is InChI=1S/C11H24N2/c1-9(2)8-12-10-5-6-13-11(3,4)7-10/h9-10,12-13H,5-8H2,1-4H3. The summed E-state index contributed by atoms with van der Waals surface area (Å²) in [5, 5.41) is 7.17. The molecule has 1 atom stereocenters. The van der Waals surface area contributed by atoms with Gasteiger partial charge in [0, 0.05) is 11.6 Å². The molecular weight excluding hydrogens is 160 g/mol. The van der Waals surface area contributed by atoms with Gasteiger partial charge in [0.15, 0.2) is 0 Å². The molecule has 2 N–H and O–H groups in total. The highest BCUT2D eigenvalue weighted by atomic mass is 15.0. The van der Waals surface area contributed by atoms with Crippen molar-refractivity contribution < 1.29 is 0 Å². The third-order valence-corrected chi connectivity index (χ3v) is 2.67. The molecule has 1 heterocycles. The van der Waals surface area contributed by atoms with Crippen LogP contribution in [0.2, 0.25) is 0 Å². The Morgan fingerprint density at radius 2 is 2.15 bits per heavy atom. The summed E-state index contributed by atoms with van der Waals surface area (Å²) < 4.78 is 0. The lowest BCUT2D eigenvalue weighted by Gasteiger charge is -2.37. The van der Waals surface area contributed by atoms with Gasteiger partial charge in [0.2, 0.25) is 0 Å². The first-order valence-corrected chi connectivity index (χ1v) is 5.48. The van der Waals surface area contributed by atoms with Crippen LogP contribution in [0.3, 0.4) is 0 Å². The molecule has 0 bridgehead atoms. The third-order valence-electron chi connectivity index (χ3n) is 2.67. The smallest absolute Gasteiger partial charge is 0.0139 e. The molecule has 0 amide bonds. The molecule has 0 spiro atoms. The predicted octanol–water partition coefficient (Wildman–Crippen LogP) is 1.76. The van der Waals surface area contributed by atoms with Crippen molar-refractivity contribution in [1.29, 1.82) is 0 Å². The summed E-state index contributed by atoms with van der Waals surface area (Å²) in [6.45, 7) is 11.4. The second-order valence-electron chi connectivity index (χ2n) is 5.30. The van der Waals surface area contributed by atoms with Crippen LogP contribution in [0.15, 0.2) is 0 Å². The largest absolute Gasteiger partial charge is 0.314 e. The van der Waals surface area contributed by atoms with Crippen molar-refractivity contribution in [3.63, 3.8) is 0 Å². The van der Waals surface area contributed by atoms with Gasteiger partial charge in [-0.25, -0.2) is 0 Å². The number of nitrogens with one attached hydrogen (secondary N) is 2. The molecule has 1 aliphatic rings. The molecule has 2 nitrogen and oxygen atoms in total. The maximum atomic E-state index is 3.64. The Kier molecular flexibility index (Phi) is 3.74. The van der Waals surface area contributed by atoms with Gasteiger partial charge in [-0.2, -0.15) is 0 Å². The fourth-order valence-electron chi connectivity index (χ4n) is 1.95. The maximum absolute atomic E-state index is 3.64. The van der Waals surface area contributed by atoms with Gasteiger partial charge in [0.1, 0.15) is 0 Å². The number of hydrogen-bond donors (Lipinski definition) is 2. The molecule has 13 heavy (non-hydrogen) atoms. The molecule has 0 aliphatic carbocycles. The summed E-state index contributed by atoms with van der Waals surface area (Å²) in [5.41, 5.74) is 0.326. The molecule has 0 aromatic heterocycles. The van der Waals surface area contributed by atoms with Crippen molar-refractivity contribution in [2.45, 2.75) is 52.1 Å². The van der Waals surface area contributed by atoms with Crippen LogP contribution in [0, 0.1) is 5.92 Å². The van der Waals surface area contributed by atoms with E-state index in [2.05, 4.69) is 38.3 Å². The van der Waals surface area contributed by atoms with E-state index < -0.39 is 0 Å². The van der Waals surface area contributed by atoms with Crippen molar-refractivity contribution in [2.24, 2.45) is 5.92 Å². The summed E-state index contributed by atoms with van der Waals surface area (Å²) in [4.78, 5) is 0. The third kappa shape index (κ3) is 4.10. The average Bonchev–Trinajstić information content (AvgIpc) is 1.99. The fraction of sp³-hybridized carbons (Fsp3) is 1.00. The number of piperidine rings is 1. The first-order valence-electron chi connectivity index (χ1n) is 5.48. The van der Waals surface area contributed by atoms with Crippen molar-refractivity contribution in [1.82, 2.24) is 10.6 Å². The van der Waals surface area contributed by atoms with E-state index in [1.165, 1.54) is 12.8 Å². The van der Waals surface area contributed by atoms with Crippen LogP contribution in [0.5, 0.6) is 0 Å². The molecule has 0 aromatic rings. The lowest BCUT2D eigenvalue weighted by atomic mass is 9.89. The first-order chi connectivity index (χ1) is 5.99. The molecule has 2 heteroatoms. The summed E-state index contributed by atoms with van der Waals surface area (Å²) in [5.74, 6) is 0.762. The highest BCUT2D eigenvalue weighted by Crippen LogP contribution is 2.18. The Labute approximate surface area is 82.5 Å². The molecule has 1 aliphatic heterocycles. The summed E-state index contributed by atoms with van der Waals surface area (Å²) >= 11 is 0. The maximum Gasteiger partial charge on any atom is 0.0139 e. The molecule has 1 unspecified atom stereocenters. The fourth-order valence-corrected chi connectivity index (χ4v) is 1.95. The van der Waals surface area contributed by atoms with E-state index in [1.807, 2.05) is 0 Å². The lowest BCUT2D eigenvalue weighted by molar-refractivity contribution is 0.244. The molecule has 0 saturated carbocycles. The minimum absolute atomic E-state index is 0.326. The Bertz CT molecular complexity index is 152. The normalized spacial score (nSPS) is 27.9. The van der Waals surface area contributed by atoms with E-state index in [4.69, 9.17) is 0 Å². The van der Waals surface area contributed by atoms with Gasteiger partial charge in [0.05, 0.1) is 0 Å². The van der Waals surface area contributed by atoms with Gasteiger partial charge in [-0.1, -0.05) is 13.8 Å². The van der Waals surface area contributed by atoms with Crippen molar-refractivity contribution in [3.8, 4) is 0 Å². The Morgan fingerprint density at radius 1 is 1.46 bits per heavy atom. The zero-order valence-electron chi connectivity index (χ0n) is 9.48. The number of rotatable bonds is 3. The average molecular weight is 184 g/mol. The highest BCUT2D eigenvalue weighted by molar-refractivity contribution is 4.89. The Hall–Kier alpha value is -0.0800. The summed E-state index contributed by atoms with van der Waals surface area (Å²) in [7, 11) is 0. The Balaban J connectivity index is 2.26. The van der Waals surface area contributed by atoms with Crippen molar-refractivity contribution in [2.75, 3.05) is 13.1 Å². The minimum atomic E-state index is 0.326. The zero-order valence-corrected chi connectivity index (χ0v) is 9.48. The zero-order chi connectivity index (χ0) is 9.90.